The van der Waals surface area contributed by atoms with Gasteiger partial charge in [-0.25, -0.2) is 15.0 Å². The summed E-state index contributed by atoms with van der Waals surface area (Å²) in [5.41, 5.74) is 0.919. The van der Waals surface area contributed by atoms with E-state index in [2.05, 4.69) is 28.8 Å². The monoisotopic (exact) mass is 193 g/mol. The van der Waals surface area contributed by atoms with Crippen molar-refractivity contribution in [2.24, 2.45) is 0 Å². The quantitative estimate of drug-likeness (QED) is 0.735. The summed E-state index contributed by atoms with van der Waals surface area (Å²) in [6.45, 7) is 4.35. The van der Waals surface area contributed by atoms with Gasteiger partial charge in [-0.3, -0.25) is 0 Å². The Balaban J connectivity index is 2.49. The van der Waals surface area contributed by atoms with E-state index in [1.165, 1.54) is 0 Å². The van der Waals surface area contributed by atoms with E-state index in [1.54, 1.807) is 23.9 Å². The second-order valence-corrected chi connectivity index (χ2v) is 4.08. The van der Waals surface area contributed by atoms with Crippen molar-refractivity contribution in [3.63, 3.8) is 0 Å². The molecule has 0 radical (unpaired) electrons. The lowest BCUT2D eigenvalue weighted by atomic mass is 10.1. The summed E-state index contributed by atoms with van der Waals surface area (Å²) >= 11 is 1.67. The number of thiazole rings is 1. The highest BCUT2D eigenvalue weighted by atomic mass is 32.1. The SMILES string of the molecule is CCC(C)c1nc2cncnc2s1. The maximum absolute atomic E-state index is 4.48. The van der Waals surface area contributed by atoms with Gasteiger partial charge in [-0.15, -0.1) is 0 Å². The zero-order chi connectivity index (χ0) is 9.26. The van der Waals surface area contributed by atoms with Crippen LogP contribution in [0.3, 0.4) is 0 Å². The van der Waals surface area contributed by atoms with Crippen LogP contribution >= 0.6 is 11.3 Å². The Kier molecular flexibility index (Phi) is 2.22. The second kappa shape index (κ2) is 3.38. The average molecular weight is 193 g/mol. The van der Waals surface area contributed by atoms with E-state index in [-0.39, 0.29) is 0 Å². The normalized spacial score (nSPS) is 13.4. The first-order chi connectivity index (χ1) is 6.31. The molecule has 0 aliphatic carbocycles. The lowest BCUT2D eigenvalue weighted by Gasteiger charge is -2.00. The first kappa shape index (κ1) is 8.56. The molecular weight excluding hydrogens is 182 g/mol. The summed E-state index contributed by atoms with van der Waals surface area (Å²) in [6.07, 6.45) is 4.46. The molecule has 0 saturated heterocycles. The number of fused-ring (bicyclic) bond motifs is 1. The lowest BCUT2D eigenvalue weighted by molar-refractivity contribution is 0.729. The van der Waals surface area contributed by atoms with Crippen LogP contribution in [0, 0.1) is 0 Å². The standard InChI is InChI=1S/C9H11N3S/c1-3-6(2)8-12-7-4-10-5-11-9(7)13-8/h4-6H,3H2,1-2H3. The molecule has 0 fully saturated rings. The Hall–Kier alpha value is -1.03. The Labute approximate surface area is 80.9 Å². The molecule has 0 aliphatic heterocycles. The molecule has 1 atom stereocenters. The minimum Gasteiger partial charge on any atom is -0.242 e. The molecule has 0 N–H and O–H groups in total. The zero-order valence-corrected chi connectivity index (χ0v) is 8.51. The molecule has 1 unspecified atom stereocenters. The Morgan fingerprint density at radius 3 is 3.08 bits per heavy atom. The molecular formula is C9H11N3S. The number of hydrogen-bond donors (Lipinski definition) is 0. The number of hydrogen-bond acceptors (Lipinski definition) is 4. The van der Waals surface area contributed by atoms with Gasteiger partial charge in [-0.2, -0.15) is 0 Å². The summed E-state index contributed by atoms with van der Waals surface area (Å²) in [5.74, 6) is 0.527. The minimum atomic E-state index is 0.527. The average Bonchev–Trinajstić information content (AvgIpc) is 2.59. The van der Waals surface area contributed by atoms with Gasteiger partial charge < -0.3 is 0 Å². The van der Waals surface area contributed by atoms with Gasteiger partial charge in [-0.1, -0.05) is 25.2 Å². The Bertz CT molecular complexity index is 377. The smallest absolute Gasteiger partial charge is 0.146 e. The summed E-state index contributed by atoms with van der Waals surface area (Å²) in [6, 6.07) is 0. The van der Waals surface area contributed by atoms with Crippen molar-refractivity contribution in [2.75, 3.05) is 0 Å². The van der Waals surface area contributed by atoms with Gasteiger partial charge in [0.1, 0.15) is 16.7 Å². The van der Waals surface area contributed by atoms with Crippen molar-refractivity contribution in [1.29, 1.82) is 0 Å². The highest BCUT2D eigenvalue weighted by Crippen LogP contribution is 2.26. The van der Waals surface area contributed by atoms with Gasteiger partial charge in [0.2, 0.25) is 0 Å². The molecule has 0 aromatic carbocycles. The first-order valence-corrected chi connectivity index (χ1v) is 5.19. The maximum atomic E-state index is 4.48. The van der Waals surface area contributed by atoms with Crippen molar-refractivity contribution in [1.82, 2.24) is 15.0 Å². The van der Waals surface area contributed by atoms with Crippen LogP contribution in [-0.2, 0) is 0 Å². The highest BCUT2D eigenvalue weighted by Gasteiger charge is 2.09. The van der Waals surface area contributed by atoms with E-state index in [1.807, 2.05) is 0 Å². The van der Waals surface area contributed by atoms with Gasteiger partial charge in [0, 0.05) is 5.92 Å². The van der Waals surface area contributed by atoms with E-state index in [0.717, 1.165) is 21.8 Å². The second-order valence-electron chi connectivity index (χ2n) is 3.07. The molecule has 4 heteroatoms. The topological polar surface area (TPSA) is 38.7 Å². The molecule has 0 spiro atoms. The van der Waals surface area contributed by atoms with E-state index in [9.17, 15) is 0 Å². The van der Waals surface area contributed by atoms with Crippen molar-refractivity contribution < 1.29 is 0 Å². The predicted molar refractivity (Wildman–Crippen MR) is 53.9 cm³/mol. The van der Waals surface area contributed by atoms with Crippen molar-refractivity contribution in [2.45, 2.75) is 26.2 Å². The van der Waals surface area contributed by atoms with Crippen molar-refractivity contribution >= 4 is 21.7 Å². The molecule has 13 heavy (non-hydrogen) atoms. The van der Waals surface area contributed by atoms with Crippen LogP contribution in [0.4, 0.5) is 0 Å². The zero-order valence-electron chi connectivity index (χ0n) is 7.69. The molecule has 68 valence electrons. The summed E-state index contributed by atoms with van der Waals surface area (Å²) in [5, 5.41) is 1.16. The Morgan fingerprint density at radius 1 is 1.54 bits per heavy atom. The molecule has 2 aromatic heterocycles. The van der Waals surface area contributed by atoms with Crippen LogP contribution in [0.15, 0.2) is 12.5 Å². The van der Waals surface area contributed by atoms with Crippen LogP contribution in [0.2, 0.25) is 0 Å². The van der Waals surface area contributed by atoms with E-state index in [0.29, 0.717) is 5.92 Å². The van der Waals surface area contributed by atoms with Gasteiger partial charge in [0.15, 0.2) is 0 Å². The number of rotatable bonds is 2. The predicted octanol–water partition coefficient (Wildman–Crippen LogP) is 2.60. The Morgan fingerprint density at radius 2 is 2.38 bits per heavy atom. The molecule has 2 heterocycles. The fourth-order valence-electron chi connectivity index (χ4n) is 1.09. The number of aromatic nitrogens is 3. The molecule has 2 rings (SSSR count). The fraction of sp³-hybridized carbons (Fsp3) is 0.444. The number of nitrogens with zero attached hydrogens (tertiary/aromatic N) is 3. The lowest BCUT2D eigenvalue weighted by Crippen LogP contribution is -1.88. The summed E-state index contributed by atoms with van der Waals surface area (Å²) in [7, 11) is 0. The molecule has 0 saturated carbocycles. The highest BCUT2D eigenvalue weighted by molar-refractivity contribution is 7.18. The molecule has 0 amide bonds. The maximum Gasteiger partial charge on any atom is 0.146 e. The van der Waals surface area contributed by atoms with Gasteiger partial charge in [-0.05, 0) is 6.42 Å². The molecule has 3 nitrogen and oxygen atoms in total. The summed E-state index contributed by atoms with van der Waals surface area (Å²) < 4.78 is 0. The van der Waals surface area contributed by atoms with Gasteiger partial charge in [0.05, 0.1) is 11.2 Å². The molecule has 0 aliphatic rings. The largest absolute Gasteiger partial charge is 0.242 e. The van der Waals surface area contributed by atoms with E-state index >= 15 is 0 Å². The third kappa shape index (κ3) is 1.54. The molecule has 0 bridgehead atoms. The minimum absolute atomic E-state index is 0.527. The third-order valence-electron chi connectivity index (χ3n) is 2.12. The molecule has 2 aromatic rings. The van der Waals surface area contributed by atoms with Gasteiger partial charge in [0.25, 0.3) is 0 Å². The van der Waals surface area contributed by atoms with Crippen molar-refractivity contribution in [3.8, 4) is 0 Å². The van der Waals surface area contributed by atoms with Gasteiger partial charge >= 0.3 is 0 Å². The van der Waals surface area contributed by atoms with Crippen LogP contribution in [0.5, 0.6) is 0 Å². The fourth-order valence-corrected chi connectivity index (χ4v) is 2.11. The van der Waals surface area contributed by atoms with Crippen LogP contribution in [0.1, 0.15) is 31.2 Å². The van der Waals surface area contributed by atoms with E-state index < -0.39 is 0 Å². The van der Waals surface area contributed by atoms with Crippen LogP contribution in [-0.4, -0.2) is 15.0 Å². The van der Waals surface area contributed by atoms with Crippen LogP contribution in [0.25, 0.3) is 10.3 Å². The first-order valence-electron chi connectivity index (χ1n) is 4.37. The third-order valence-corrected chi connectivity index (χ3v) is 3.33. The summed E-state index contributed by atoms with van der Waals surface area (Å²) in [4.78, 5) is 13.6. The van der Waals surface area contributed by atoms with E-state index in [4.69, 9.17) is 0 Å². The van der Waals surface area contributed by atoms with Crippen LogP contribution < -0.4 is 0 Å². The van der Waals surface area contributed by atoms with Crippen molar-refractivity contribution in [3.05, 3.63) is 17.5 Å².